The van der Waals surface area contributed by atoms with E-state index in [4.69, 9.17) is 26.2 Å². The van der Waals surface area contributed by atoms with E-state index in [0.717, 1.165) is 0 Å². The van der Waals surface area contributed by atoms with E-state index in [2.05, 4.69) is 4.99 Å². The van der Waals surface area contributed by atoms with Crippen LogP contribution in [-0.4, -0.2) is 35.4 Å². The molecule has 0 aliphatic carbocycles. The number of carbonyl (C=O) groups is 1. The van der Waals surface area contributed by atoms with E-state index in [-0.39, 0.29) is 16.5 Å². The van der Waals surface area contributed by atoms with Crippen LogP contribution in [0.4, 0.5) is 11.4 Å². The molecule has 0 aliphatic heterocycles. The van der Waals surface area contributed by atoms with Crippen LogP contribution < -0.4 is 9.47 Å². The second-order valence-corrected chi connectivity index (χ2v) is 5.54. The Morgan fingerprint density at radius 1 is 1.38 bits per heavy atom. The van der Waals surface area contributed by atoms with Crippen LogP contribution in [0.3, 0.4) is 0 Å². The average Bonchev–Trinajstić information content (AvgIpc) is 2.61. The molecule has 0 amide bonds. The van der Waals surface area contributed by atoms with Crippen LogP contribution in [0.5, 0.6) is 11.5 Å². The van der Waals surface area contributed by atoms with Gasteiger partial charge in [0.1, 0.15) is 5.02 Å². The third kappa shape index (κ3) is 4.48. The van der Waals surface area contributed by atoms with E-state index < -0.39 is 17.0 Å². The number of ether oxygens (including phenoxy) is 2. The van der Waals surface area contributed by atoms with Gasteiger partial charge < -0.3 is 14.6 Å². The molecule has 0 radical (unpaired) electrons. The van der Waals surface area contributed by atoms with Crippen molar-refractivity contribution in [3.05, 3.63) is 57.1 Å². The molecule has 8 nitrogen and oxygen atoms in total. The van der Waals surface area contributed by atoms with Gasteiger partial charge in [-0.2, -0.15) is 0 Å². The van der Waals surface area contributed by atoms with Crippen molar-refractivity contribution < 1.29 is 24.3 Å². The summed E-state index contributed by atoms with van der Waals surface area (Å²) in [4.78, 5) is 25.6. The minimum Gasteiger partial charge on any atom is -0.493 e. The summed E-state index contributed by atoms with van der Waals surface area (Å²) < 4.78 is 10.7. The molecule has 0 heterocycles. The summed E-state index contributed by atoms with van der Waals surface area (Å²) in [6.45, 7) is 1.39. The Labute approximate surface area is 153 Å². The van der Waals surface area contributed by atoms with E-state index in [0.29, 0.717) is 17.0 Å². The van der Waals surface area contributed by atoms with Gasteiger partial charge in [0.25, 0.3) is 5.69 Å². The average molecular weight is 379 g/mol. The number of hydrogen-bond acceptors (Lipinski definition) is 6. The van der Waals surface area contributed by atoms with Crippen molar-refractivity contribution in [1.82, 2.24) is 0 Å². The number of halogens is 1. The molecule has 26 heavy (non-hydrogen) atoms. The van der Waals surface area contributed by atoms with Crippen LogP contribution in [0, 0.1) is 10.1 Å². The molecule has 9 heteroatoms. The zero-order valence-corrected chi connectivity index (χ0v) is 14.6. The highest BCUT2D eigenvalue weighted by Gasteiger charge is 2.18. The molecule has 0 aliphatic rings. The summed E-state index contributed by atoms with van der Waals surface area (Å²) in [5, 5.41) is 20.0. The maximum atomic E-state index is 11.1. The molecular formula is C17H15ClN2O6. The molecule has 0 spiro atoms. The number of nitro groups is 1. The quantitative estimate of drug-likeness (QED) is 0.445. The predicted molar refractivity (Wildman–Crippen MR) is 96.1 cm³/mol. The molecule has 1 N–H and O–H groups in total. The lowest BCUT2D eigenvalue weighted by Gasteiger charge is -2.15. The molecule has 0 unspecified atom stereocenters. The Balaban J connectivity index is 2.40. The number of benzene rings is 2. The summed E-state index contributed by atoms with van der Waals surface area (Å²) in [5.41, 5.74) is 0.499. The largest absolute Gasteiger partial charge is 0.493 e. The monoisotopic (exact) mass is 378 g/mol. The molecule has 2 aromatic carbocycles. The second-order valence-electron chi connectivity index (χ2n) is 5.13. The van der Waals surface area contributed by atoms with Crippen LogP contribution in [0.1, 0.15) is 12.5 Å². The summed E-state index contributed by atoms with van der Waals surface area (Å²) >= 11 is 5.77. The Bertz CT molecular complexity index is 868. The van der Waals surface area contributed by atoms with Crippen LogP contribution in [0.15, 0.2) is 41.4 Å². The van der Waals surface area contributed by atoms with Crippen molar-refractivity contribution in [2.45, 2.75) is 13.0 Å². The van der Waals surface area contributed by atoms with Crippen molar-refractivity contribution in [3.8, 4) is 11.5 Å². The highest BCUT2D eigenvalue weighted by molar-refractivity contribution is 6.32. The maximum Gasteiger partial charge on any atom is 0.344 e. The lowest BCUT2D eigenvalue weighted by atomic mass is 10.2. The lowest BCUT2D eigenvalue weighted by Crippen LogP contribution is -2.23. The minimum absolute atomic E-state index is 0.00892. The Hall–Kier alpha value is -3.13. The third-order valence-corrected chi connectivity index (χ3v) is 3.67. The first-order valence-electron chi connectivity index (χ1n) is 7.38. The van der Waals surface area contributed by atoms with Crippen LogP contribution in [0.2, 0.25) is 5.02 Å². The summed E-state index contributed by atoms with van der Waals surface area (Å²) in [5.74, 6) is -0.589. The normalized spacial score (nSPS) is 12.0. The van der Waals surface area contributed by atoms with E-state index >= 15 is 0 Å². The number of nitrogens with zero attached hydrogens (tertiary/aromatic N) is 2. The van der Waals surface area contributed by atoms with Gasteiger partial charge in [-0.25, -0.2) is 4.79 Å². The van der Waals surface area contributed by atoms with Gasteiger partial charge >= 0.3 is 5.97 Å². The number of hydrogen-bond donors (Lipinski definition) is 1. The molecule has 0 saturated carbocycles. The highest BCUT2D eigenvalue weighted by atomic mass is 35.5. The fourth-order valence-electron chi connectivity index (χ4n) is 2.01. The molecule has 2 rings (SSSR count). The molecule has 2 aromatic rings. The lowest BCUT2D eigenvalue weighted by molar-refractivity contribution is -0.384. The van der Waals surface area contributed by atoms with Crippen LogP contribution >= 0.6 is 11.6 Å². The topological polar surface area (TPSA) is 111 Å². The van der Waals surface area contributed by atoms with Gasteiger partial charge in [0.05, 0.1) is 17.7 Å². The van der Waals surface area contributed by atoms with E-state index in [1.807, 2.05) is 0 Å². The zero-order chi connectivity index (χ0) is 19.3. The highest BCUT2D eigenvalue weighted by Crippen LogP contribution is 2.32. The first-order chi connectivity index (χ1) is 12.3. The number of aliphatic imine (C=N–C) groups is 1. The SMILES string of the molecule is COc1cccc(C=Nc2ccc(Cl)c([N+](=O)[O-])c2)c1O[C@H](C)C(=O)O. The van der Waals surface area contributed by atoms with Gasteiger partial charge in [0.2, 0.25) is 0 Å². The molecule has 136 valence electrons. The van der Waals surface area contributed by atoms with Gasteiger partial charge in [-0.1, -0.05) is 17.7 Å². The Kier molecular flexibility index (Phi) is 6.13. The third-order valence-electron chi connectivity index (χ3n) is 3.35. The molecule has 0 aromatic heterocycles. The molecule has 0 bridgehead atoms. The predicted octanol–water partition coefficient (Wildman–Crippen LogP) is 3.86. The number of carboxylic acids is 1. The zero-order valence-electron chi connectivity index (χ0n) is 13.9. The van der Waals surface area contributed by atoms with Gasteiger partial charge in [-0.05, 0) is 31.2 Å². The molecule has 1 atom stereocenters. The number of aliphatic carboxylic acids is 1. The van der Waals surface area contributed by atoms with E-state index in [1.165, 1.54) is 38.4 Å². The fourth-order valence-corrected chi connectivity index (χ4v) is 2.20. The molecular weight excluding hydrogens is 364 g/mol. The van der Waals surface area contributed by atoms with Crippen molar-refractivity contribution in [2.75, 3.05) is 7.11 Å². The van der Waals surface area contributed by atoms with Crippen molar-refractivity contribution in [3.63, 3.8) is 0 Å². The van der Waals surface area contributed by atoms with Gasteiger partial charge in [-0.15, -0.1) is 0 Å². The van der Waals surface area contributed by atoms with Crippen LogP contribution in [0.25, 0.3) is 0 Å². The maximum absolute atomic E-state index is 11.1. The van der Waals surface area contributed by atoms with Crippen molar-refractivity contribution >= 4 is 35.2 Å². The number of nitro benzene ring substituents is 1. The fraction of sp³-hybridized carbons (Fsp3) is 0.176. The minimum atomic E-state index is -1.13. The standard InChI is InChI=1S/C17H15ClN2O6/c1-10(17(21)22)26-16-11(4-3-5-15(16)25-2)9-19-12-6-7-13(18)14(8-12)20(23)24/h3-10H,1-2H3,(H,21,22)/t10-/m1/s1. The number of carboxylic acid groups (broad SMARTS) is 1. The molecule has 0 saturated heterocycles. The first-order valence-corrected chi connectivity index (χ1v) is 7.75. The smallest absolute Gasteiger partial charge is 0.344 e. The summed E-state index contributed by atoms with van der Waals surface area (Å²) in [6.07, 6.45) is 0.300. The van der Waals surface area contributed by atoms with Crippen molar-refractivity contribution in [1.29, 1.82) is 0 Å². The molecule has 0 fully saturated rings. The van der Waals surface area contributed by atoms with E-state index in [9.17, 15) is 14.9 Å². The van der Waals surface area contributed by atoms with Gasteiger partial charge in [-0.3, -0.25) is 15.1 Å². The summed E-state index contributed by atoms with van der Waals surface area (Å²) in [7, 11) is 1.43. The Morgan fingerprint density at radius 2 is 2.12 bits per heavy atom. The second kappa shape index (κ2) is 8.30. The number of methoxy groups -OCH3 is 1. The first kappa shape index (κ1) is 19.2. The van der Waals surface area contributed by atoms with Gasteiger partial charge in [0, 0.05) is 17.8 Å². The summed E-state index contributed by atoms with van der Waals surface area (Å²) in [6, 6.07) is 9.09. The number of rotatable bonds is 7. The number of para-hydroxylation sites is 1. The van der Waals surface area contributed by atoms with Crippen LogP contribution in [-0.2, 0) is 4.79 Å². The van der Waals surface area contributed by atoms with Gasteiger partial charge in [0.15, 0.2) is 17.6 Å². The Morgan fingerprint density at radius 3 is 2.73 bits per heavy atom. The van der Waals surface area contributed by atoms with E-state index in [1.54, 1.807) is 18.2 Å². The van der Waals surface area contributed by atoms with Crippen molar-refractivity contribution in [2.24, 2.45) is 4.99 Å².